The third kappa shape index (κ3) is 4.58. The number of aliphatic carboxylic acids is 1. The average molecular weight is 324 g/mol. The van der Waals surface area contributed by atoms with Gasteiger partial charge in [0.1, 0.15) is 0 Å². The molecule has 0 aliphatic carbocycles. The summed E-state index contributed by atoms with van der Waals surface area (Å²) in [6.45, 7) is 1.28. The van der Waals surface area contributed by atoms with Crippen LogP contribution in [0.5, 0.6) is 5.75 Å². The second kappa shape index (κ2) is 7.80. The van der Waals surface area contributed by atoms with Crippen molar-refractivity contribution in [2.75, 3.05) is 26.7 Å². The highest BCUT2D eigenvalue weighted by molar-refractivity contribution is 5.75. The molecule has 7 heteroatoms. The number of carbonyl (C=O) groups is 2. The average Bonchev–Trinajstić information content (AvgIpc) is 2.55. The molecule has 1 saturated heterocycles. The maximum Gasteiger partial charge on any atom is 0.317 e. The number of nitrogens with zero attached hydrogens (tertiary/aromatic N) is 1. The number of amides is 2. The van der Waals surface area contributed by atoms with Gasteiger partial charge in [-0.15, -0.1) is 0 Å². The number of carboxylic acids is 1. The maximum atomic E-state index is 13.6. The minimum absolute atomic E-state index is 0.194. The van der Waals surface area contributed by atoms with Crippen molar-refractivity contribution < 1.29 is 23.8 Å². The molecule has 0 atom stereocenters. The van der Waals surface area contributed by atoms with Crippen molar-refractivity contribution in [3.05, 3.63) is 29.6 Å². The van der Waals surface area contributed by atoms with E-state index in [1.165, 1.54) is 13.2 Å². The van der Waals surface area contributed by atoms with Gasteiger partial charge in [-0.05, 0) is 37.0 Å². The van der Waals surface area contributed by atoms with E-state index in [4.69, 9.17) is 9.84 Å². The zero-order valence-electron chi connectivity index (χ0n) is 13.0. The van der Waals surface area contributed by atoms with Crippen LogP contribution in [-0.2, 0) is 11.2 Å². The Bertz CT molecular complexity index is 571. The lowest BCUT2D eigenvalue weighted by atomic mass is 9.97. The molecule has 23 heavy (non-hydrogen) atoms. The molecule has 2 rings (SSSR count). The molecular formula is C16H21FN2O4. The molecule has 2 amide bonds. The first-order chi connectivity index (χ1) is 11.0. The van der Waals surface area contributed by atoms with E-state index in [-0.39, 0.29) is 17.7 Å². The molecule has 0 spiro atoms. The highest BCUT2D eigenvalue weighted by atomic mass is 19.1. The van der Waals surface area contributed by atoms with Crippen molar-refractivity contribution in [2.24, 2.45) is 5.92 Å². The Labute approximate surface area is 134 Å². The molecule has 0 saturated carbocycles. The summed E-state index contributed by atoms with van der Waals surface area (Å²) in [5, 5.41) is 11.7. The van der Waals surface area contributed by atoms with E-state index in [9.17, 15) is 14.0 Å². The third-order valence-corrected chi connectivity index (χ3v) is 4.04. The Morgan fingerprint density at radius 1 is 1.39 bits per heavy atom. The standard InChI is InChI=1S/C16H21FN2O4/c1-23-14-3-2-11(10-13(14)17)4-7-18-16(22)19-8-5-12(6-9-19)15(20)21/h2-3,10,12H,4-9H2,1H3,(H,18,22)(H,20,21). The monoisotopic (exact) mass is 324 g/mol. The molecule has 0 radical (unpaired) electrons. The molecule has 2 N–H and O–H groups in total. The topological polar surface area (TPSA) is 78.9 Å². The molecule has 126 valence electrons. The first-order valence-electron chi connectivity index (χ1n) is 7.59. The fourth-order valence-corrected chi connectivity index (χ4v) is 2.62. The maximum absolute atomic E-state index is 13.6. The van der Waals surface area contributed by atoms with E-state index in [2.05, 4.69) is 5.32 Å². The van der Waals surface area contributed by atoms with Gasteiger partial charge in [-0.25, -0.2) is 9.18 Å². The number of piperidine rings is 1. The van der Waals surface area contributed by atoms with Crippen LogP contribution in [-0.4, -0.2) is 48.8 Å². The number of methoxy groups -OCH3 is 1. The van der Waals surface area contributed by atoms with Gasteiger partial charge in [0.2, 0.25) is 0 Å². The predicted octanol–water partition coefficient (Wildman–Crippen LogP) is 1.88. The number of rotatable bonds is 5. The van der Waals surface area contributed by atoms with Crippen LogP contribution in [0, 0.1) is 11.7 Å². The quantitative estimate of drug-likeness (QED) is 0.867. The lowest BCUT2D eigenvalue weighted by Gasteiger charge is -2.30. The summed E-state index contributed by atoms with van der Waals surface area (Å²) in [6, 6.07) is 4.50. The number of nitrogens with one attached hydrogen (secondary N) is 1. The molecular weight excluding hydrogens is 303 g/mol. The molecule has 0 bridgehead atoms. The number of likely N-dealkylation sites (tertiary alicyclic amines) is 1. The van der Waals surface area contributed by atoms with E-state index < -0.39 is 11.8 Å². The fourth-order valence-electron chi connectivity index (χ4n) is 2.62. The number of halogens is 1. The van der Waals surface area contributed by atoms with E-state index >= 15 is 0 Å². The van der Waals surface area contributed by atoms with Gasteiger partial charge in [0, 0.05) is 19.6 Å². The van der Waals surface area contributed by atoms with E-state index in [1.807, 2.05) is 0 Å². The molecule has 1 aromatic carbocycles. The van der Waals surface area contributed by atoms with Crippen molar-refractivity contribution in [3.63, 3.8) is 0 Å². The minimum atomic E-state index is -0.799. The Morgan fingerprint density at radius 2 is 2.09 bits per heavy atom. The Kier molecular flexibility index (Phi) is 5.78. The van der Waals surface area contributed by atoms with Gasteiger partial charge in [0.15, 0.2) is 11.6 Å². The number of hydrogen-bond donors (Lipinski definition) is 2. The van der Waals surface area contributed by atoms with Gasteiger partial charge in [-0.2, -0.15) is 0 Å². The van der Waals surface area contributed by atoms with Crippen molar-refractivity contribution in [1.82, 2.24) is 10.2 Å². The van der Waals surface area contributed by atoms with Crippen LogP contribution >= 0.6 is 0 Å². The highest BCUT2D eigenvalue weighted by Gasteiger charge is 2.26. The van der Waals surface area contributed by atoms with E-state index in [0.29, 0.717) is 38.9 Å². The number of carboxylic acid groups (broad SMARTS) is 1. The van der Waals surface area contributed by atoms with Crippen LogP contribution in [0.2, 0.25) is 0 Å². The largest absolute Gasteiger partial charge is 0.494 e. The third-order valence-electron chi connectivity index (χ3n) is 4.04. The van der Waals surface area contributed by atoms with Crippen molar-refractivity contribution in [2.45, 2.75) is 19.3 Å². The van der Waals surface area contributed by atoms with Gasteiger partial charge in [-0.3, -0.25) is 4.79 Å². The number of carbonyl (C=O) groups excluding carboxylic acids is 1. The molecule has 1 heterocycles. The minimum Gasteiger partial charge on any atom is -0.494 e. The Morgan fingerprint density at radius 3 is 2.65 bits per heavy atom. The van der Waals surface area contributed by atoms with Crippen molar-refractivity contribution in [1.29, 1.82) is 0 Å². The van der Waals surface area contributed by atoms with Gasteiger partial charge in [-0.1, -0.05) is 6.07 Å². The number of urea groups is 1. The van der Waals surface area contributed by atoms with Crippen LogP contribution < -0.4 is 10.1 Å². The second-order valence-electron chi connectivity index (χ2n) is 5.55. The first-order valence-corrected chi connectivity index (χ1v) is 7.59. The van der Waals surface area contributed by atoms with Crippen LogP contribution in [0.1, 0.15) is 18.4 Å². The number of ether oxygens (including phenoxy) is 1. The van der Waals surface area contributed by atoms with Gasteiger partial charge < -0.3 is 20.1 Å². The summed E-state index contributed by atoms with van der Waals surface area (Å²) in [5.41, 5.74) is 0.771. The van der Waals surface area contributed by atoms with Crippen molar-refractivity contribution in [3.8, 4) is 5.75 Å². The van der Waals surface area contributed by atoms with Crippen LogP contribution in [0.4, 0.5) is 9.18 Å². The van der Waals surface area contributed by atoms with Gasteiger partial charge in [0.05, 0.1) is 13.0 Å². The van der Waals surface area contributed by atoms with Crippen LogP contribution in [0.25, 0.3) is 0 Å². The van der Waals surface area contributed by atoms with Crippen molar-refractivity contribution >= 4 is 12.0 Å². The predicted molar refractivity (Wildman–Crippen MR) is 82.0 cm³/mol. The van der Waals surface area contributed by atoms with Gasteiger partial charge in [0.25, 0.3) is 0 Å². The van der Waals surface area contributed by atoms with E-state index in [1.54, 1.807) is 17.0 Å². The lowest BCUT2D eigenvalue weighted by Crippen LogP contribution is -2.45. The molecule has 1 aromatic rings. The summed E-state index contributed by atoms with van der Waals surface area (Å²) in [6.07, 6.45) is 1.47. The molecule has 0 aromatic heterocycles. The second-order valence-corrected chi connectivity index (χ2v) is 5.55. The van der Waals surface area contributed by atoms with E-state index in [0.717, 1.165) is 5.56 Å². The SMILES string of the molecule is COc1ccc(CCNC(=O)N2CCC(C(=O)O)CC2)cc1F. The summed E-state index contributed by atoms with van der Waals surface area (Å²) >= 11 is 0. The molecule has 1 aliphatic rings. The normalized spacial score (nSPS) is 15.3. The Hall–Kier alpha value is -2.31. The smallest absolute Gasteiger partial charge is 0.317 e. The summed E-state index contributed by atoms with van der Waals surface area (Å²) in [4.78, 5) is 24.5. The van der Waals surface area contributed by atoms with Crippen LogP contribution in [0.15, 0.2) is 18.2 Å². The fraction of sp³-hybridized carbons (Fsp3) is 0.500. The number of hydrogen-bond acceptors (Lipinski definition) is 3. The molecule has 1 aliphatic heterocycles. The number of benzene rings is 1. The summed E-state index contributed by atoms with van der Waals surface area (Å²) < 4.78 is 18.4. The molecule has 6 nitrogen and oxygen atoms in total. The van der Waals surface area contributed by atoms with Gasteiger partial charge >= 0.3 is 12.0 Å². The Balaban J connectivity index is 1.75. The highest BCUT2D eigenvalue weighted by Crippen LogP contribution is 2.18. The summed E-state index contributed by atoms with van der Waals surface area (Å²) in [5.74, 6) is -1.39. The summed E-state index contributed by atoms with van der Waals surface area (Å²) in [7, 11) is 1.41. The molecule has 0 unspecified atom stereocenters. The zero-order chi connectivity index (χ0) is 16.8. The van der Waals surface area contributed by atoms with Crippen LogP contribution in [0.3, 0.4) is 0 Å². The molecule has 1 fully saturated rings. The zero-order valence-corrected chi connectivity index (χ0v) is 13.0. The first kappa shape index (κ1) is 17.1. The lowest BCUT2D eigenvalue weighted by molar-refractivity contribution is -0.143.